The van der Waals surface area contributed by atoms with Crippen molar-refractivity contribution in [3.8, 4) is 17.2 Å². The Morgan fingerprint density at radius 2 is 1.53 bits per heavy atom. The molecule has 0 aliphatic heterocycles. The highest BCUT2D eigenvalue weighted by atomic mass is 35.5. The number of nitrogens with zero attached hydrogens (tertiary/aromatic N) is 1. The zero-order valence-corrected chi connectivity index (χ0v) is 10.7. The molecule has 1 nitrogen and oxygen atoms in total. The maximum atomic E-state index is 8.82. The van der Waals surface area contributed by atoms with E-state index in [2.05, 4.69) is 0 Å². The van der Waals surface area contributed by atoms with Crippen molar-refractivity contribution in [1.82, 2.24) is 0 Å². The lowest BCUT2D eigenvalue weighted by Crippen LogP contribution is -1.85. The molecule has 0 spiro atoms. The van der Waals surface area contributed by atoms with Crippen LogP contribution in [0.15, 0.2) is 36.4 Å². The van der Waals surface area contributed by atoms with Gasteiger partial charge in [0.2, 0.25) is 0 Å². The van der Waals surface area contributed by atoms with Gasteiger partial charge < -0.3 is 0 Å². The maximum absolute atomic E-state index is 8.82. The predicted octanol–water partition coefficient (Wildman–Crippen LogP) is 4.84. The van der Waals surface area contributed by atoms with Gasteiger partial charge >= 0.3 is 0 Å². The van der Waals surface area contributed by atoms with E-state index in [0.717, 1.165) is 11.1 Å². The van der Waals surface area contributed by atoms with Gasteiger partial charge in [0.05, 0.1) is 21.7 Å². The Labute approximate surface area is 110 Å². The molecule has 0 N–H and O–H groups in total. The third kappa shape index (κ3) is 2.44. The Morgan fingerprint density at radius 1 is 1.00 bits per heavy atom. The van der Waals surface area contributed by atoms with Gasteiger partial charge in [-0.15, -0.1) is 0 Å². The summed E-state index contributed by atoms with van der Waals surface area (Å²) < 4.78 is 0. The topological polar surface area (TPSA) is 23.8 Å². The second-order valence-corrected chi connectivity index (χ2v) is 4.61. The highest BCUT2D eigenvalue weighted by Gasteiger charge is 2.10. The molecule has 0 saturated heterocycles. The number of benzene rings is 2. The molecule has 84 valence electrons. The number of halogens is 2. The lowest BCUT2D eigenvalue weighted by Gasteiger charge is -2.08. The van der Waals surface area contributed by atoms with E-state index in [0.29, 0.717) is 15.6 Å². The highest BCUT2D eigenvalue weighted by molar-refractivity contribution is 6.39. The highest BCUT2D eigenvalue weighted by Crippen LogP contribution is 2.35. The van der Waals surface area contributed by atoms with Crippen LogP contribution in [0.1, 0.15) is 11.1 Å². The van der Waals surface area contributed by atoms with Crippen LogP contribution in [0.25, 0.3) is 11.1 Å². The van der Waals surface area contributed by atoms with Gasteiger partial charge in [-0.2, -0.15) is 5.26 Å². The van der Waals surface area contributed by atoms with Gasteiger partial charge in [-0.25, -0.2) is 0 Å². The van der Waals surface area contributed by atoms with Crippen LogP contribution in [0.4, 0.5) is 0 Å². The molecule has 0 heterocycles. The van der Waals surface area contributed by atoms with E-state index in [4.69, 9.17) is 28.5 Å². The zero-order chi connectivity index (χ0) is 12.4. The second-order valence-electron chi connectivity index (χ2n) is 3.79. The molecule has 0 amide bonds. The lowest BCUT2D eigenvalue weighted by molar-refractivity contribution is 1.46. The monoisotopic (exact) mass is 261 g/mol. The summed E-state index contributed by atoms with van der Waals surface area (Å²) in [6.07, 6.45) is 0. The first-order valence-electron chi connectivity index (χ1n) is 5.08. The minimum atomic E-state index is 0.468. The van der Waals surface area contributed by atoms with Crippen LogP contribution in [0.2, 0.25) is 10.0 Å². The van der Waals surface area contributed by atoms with Crippen molar-refractivity contribution < 1.29 is 0 Å². The van der Waals surface area contributed by atoms with Crippen molar-refractivity contribution in [2.45, 2.75) is 6.92 Å². The van der Waals surface area contributed by atoms with Gasteiger partial charge in [0.25, 0.3) is 0 Å². The predicted molar refractivity (Wildman–Crippen MR) is 71.4 cm³/mol. The van der Waals surface area contributed by atoms with Crippen LogP contribution in [-0.2, 0) is 0 Å². The van der Waals surface area contributed by atoms with Gasteiger partial charge in [-0.3, -0.25) is 0 Å². The SMILES string of the molecule is Cc1ccc(-c2c(Cl)cc(C#N)cc2Cl)cc1. The Morgan fingerprint density at radius 3 is 2.00 bits per heavy atom. The molecular formula is C14H9Cl2N. The van der Waals surface area contributed by atoms with E-state index in [1.165, 1.54) is 5.56 Å². The van der Waals surface area contributed by atoms with Crippen LogP contribution in [0.5, 0.6) is 0 Å². The standard InChI is InChI=1S/C14H9Cl2N/c1-9-2-4-11(5-3-9)14-12(15)6-10(8-17)7-13(14)16/h2-7H,1H3. The summed E-state index contributed by atoms with van der Waals surface area (Å²) in [5.41, 5.74) is 3.37. The molecular weight excluding hydrogens is 253 g/mol. The summed E-state index contributed by atoms with van der Waals surface area (Å²) >= 11 is 12.3. The fourth-order valence-electron chi connectivity index (χ4n) is 1.63. The molecule has 3 heteroatoms. The summed E-state index contributed by atoms with van der Waals surface area (Å²) in [6, 6.07) is 13.2. The normalized spacial score (nSPS) is 10.0. The summed E-state index contributed by atoms with van der Waals surface area (Å²) in [4.78, 5) is 0. The third-order valence-corrected chi connectivity index (χ3v) is 3.11. The first-order chi connectivity index (χ1) is 8.11. The Balaban J connectivity index is 2.60. The molecule has 0 unspecified atom stereocenters. The summed E-state index contributed by atoms with van der Waals surface area (Å²) in [6.45, 7) is 2.02. The van der Waals surface area contributed by atoms with Gasteiger partial charge in [0.15, 0.2) is 0 Å². The number of hydrogen-bond donors (Lipinski definition) is 0. The van der Waals surface area contributed by atoms with E-state index in [1.807, 2.05) is 37.3 Å². The molecule has 2 rings (SSSR count). The molecule has 17 heavy (non-hydrogen) atoms. The number of rotatable bonds is 1. The molecule has 0 aliphatic rings. The van der Waals surface area contributed by atoms with E-state index in [9.17, 15) is 0 Å². The molecule has 0 radical (unpaired) electrons. The fraction of sp³-hybridized carbons (Fsp3) is 0.0714. The van der Waals surface area contributed by atoms with Crippen molar-refractivity contribution in [3.63, 3.8) is 0 Å². The first-order valence-corrected chi connectivity index (χ1v) is 5.83. The molecule has 0 aliphatic carbocycles. The van der Waals surface area contributed by atoms with Gasteiger partial charge in [0, 0.05) is 5.56 Å². The molecule has 0 bridgehead atoms. The van der Waals surface area contributed by atoms with Crippen LogP contribution >= 0.6 is 23.2 Å². The Kier molecular flexibility index (Phi) is 3.38. The average Bonchev–Trinajstić information content (AvgIpc) is 2.30. The minimum Gasteiger partial charge on any atom is -0.192 e. The fourth-order valence-corrected chi connectivity index (χ4v) is 2.34. The smallest absolute Gasteiger partial charge is 0.0992 e. The van der Waals surface area contributed by atoms with E-state index < -0.39 is 0 Å². The molecule has 0 atom stereocenters. The van der Waals surface area contributed by atoms with Crippen molar-refractivity contribution >= 4 is 23.2 Å². The van der Waals surface area contributed by atoms with E-state index in [-0.39, 0.29) is 0 Å². The van der Waals surface area contributed by atoms with Crippen molar-refractivity contribution in [3.05, 3.63) is 57.6 Å². The number of aryl methyl sites for hydroxylation is 1. The largest absolute Gasteiger partial charge is 0.192 e. The lowest BCUT2D eigenvalue weighted by atomic mass is 10.0. The molecule has 0 fully saturated rings. The maximum Gasteiger partial charge on any atom is 0.0992 e. The van der Waals surface area contributed by atoms with Crippen molar-refractivity contribution in [2.24, 2.45) is 0 Å². The third-order valence-electron chi connectivity index (χ3n) is 2.51. The van der Waals surface area contributed by atoms with Gasteiger partial charge in [-0.05, 0) is 24.6 Å². The minimum absolute atomic E-state index is 0.468. The summed E-state index contributed by atoms with van der Waals surface area (Å²) in [5, 5.41) is 9.81. The quantitative estimate of drug-likeness (QED) is 0.721. The molecule has 0 saturated carbocycles. The van der Waals surface area contributed by atoms with Crippen LogP contribution in [0, 0.1) is 18.3 Å². The molecule has 2 aromatic carbocycles. The van der Waals surface area contributed by atoms with E-state index >= 15 is 0 Å². The van der Waals surface area contributed by atoms with Gasteiger partial charge in [-0.1, -0.05) is 53.0 Å². The summed E-state index contributed by atoms with van der Waals surface area (Å²) in [7, 11) is 0. The molecule has 0 aromatic heterocycles. The van der Waals surface area contributed by atoms with Gasteiger partial charge in [0.1, 0.15) is 0 Å². The van der Waals surface area contributed by atoms with Crippen LogP contribution in [-0.4, -0.2) is 0 Å². The number of nitriles is 1. The Hall–Kier alpha value is -1.49. The van der Waals surface area contributed by atoms with Crippen LogP contribution < -0.4 is 0 Å². The summed E-state index contributed by atoms with van der Waals surface area (Å²) in [5.74, 6) is 0. The van der Waals surface area contributed by atoms with E-state index in [1.54, 1.807) is 12.1 Å². The van der Waals surface area contributed by atoms with Crippen molar-refractivity contribution in [1.29, 1.82) is 5.26 Å². The zero-order valence-electron chi connectivity index (χ0n) is 9.17. The second kappa shape index (κ2) is 4.79. The molecule has 2 aromatic rings. The van der Waals surface area contributed by atoms with Crippen LogP contribution in [0.3, 0.4) is 0 Å². The Bertz CT molecular complexity index is 572. The number of hydrogen-bond acceptors (Lipinski definition) is 1. The first kappa shape index (κ1) is 12.0. The van der Waals surface area contributed by atoms with Crippen molar-refractivity contribution in [2.75, 3.05) is 0 Å². The average molecular weight is 262 g/mol.